The fraction of sp³-hybridized carbons (Fsp3) is 0. The molecule has 2 aromatic heterocycles. The molecule has 0 aliphatic heterocycles. The number of nitrogens with zero attached hydrogens (tertiary/aromatic N) is 1. The van der Waals surface area contributed by atoms with E-state index in [-0.39, 0.29) is 5.75 Å². The van der Waals surface area contributed by atoms with Crippen LogP contribution in [0.25, 0.3) is 22.2 Å². The zero-order chi connectivity index (χ0) is 11.1. The highest BCUT2D eigenvalue weighted by molar-refractivity contribution is 5.97. The highest BCUT2D eigenvalue weighted by Crippen LogP contribution is 2.32. The third-order valence-electron chi connectivity index (χ3n) is 2.58. The Balaban J connectivity index is 2.29. The van der Waals surface area contributed by atoms with Crippen molar-refractivity contribution in [3.8, 4) is 17.0 Å². The van der Waals surface area contributed by atoms with Crippen LogP contribution in [-0.2, 0) is 0 Å². The summed E-state index contributed by atoms with van der Waals surface area (Å²) in [6.45, 7) is 0. The smallest absolute Gasteiger partial charge is 0.145 e. The summed E-state index contributed by atoms with van der Waals surface area (Å²) in [5.41, 5.74) is 8.04. The number of phenolic OH excluding ortho intramolecular Hbond substituents is 1. The molecular formula is C11H10N4O. The summed E-state index contributed by atoms with van der Waals surface area (Å²) in [7, 11) is 0. The molecule has 1 aromatic carbocycles. The number of aromatic hydroxyl groups is 1. The highest BCUT2D eigenvalue weighted by Gasteiger charge is 2.10. The van der Waals surface area contributed by atoms with Crippen LogP contribution >= 0.6 is 0 Å². The maximum Gasteiger partial charge on any atom is 0.145 e. The van der Waals surface area contributed by atoms with E-state index in [4.69, 9.17) is 5.73 Å². The number of benzene rings is 1. The van der Waals surface area contributed by atoms with E-state index in [9.17, 15) is 5.11 Å². The maximum atomic E-state index is 9.65. The molecule has 0 spiro atoms. The summed E-state index contributed by atoms with van der Waals surface area (Å²) in [4.78, 5) is 3.03. The minimum atomic E-state index is 0.233. The molecule has 2 heterocycles. The zero-order valence-corrected chi connectivity index (χ0v) is 8.36. The van der Waals surface area contributed by atoms with Gasteiger partial charge in [0.15, 0.2) is 0 Å². The van der Waals surface area contributed by atoms with Crippen LogP contribution in [-0.4, -0.2) is 20.3 Å². The molecule has 5 heteroatoms. The van der Waals surface area contributed by atoms with Crippen molar-refractivity contribution in [1.82, 2.24) is 15.2 Å². The van der Waals surface area contributed by atoms with E-state index in [2.05, 4.69) is 15.2 Å². The molecule has 5 N–H and O–H groups in total. The van der Waals surface area contributed by atoms with Gasteiger partial charge in [-0.3, -0.25) is 5.10 Å². The topological polar surface area (TPSA) is 90.7 Å². The Hall–Kier alpha value is -2.43. The Morgan fingerprint density at radius 3 is 2.94 bits per heavy atom. The van der Waals surface area contributed by atoms with Gasteiger partial charge in [0.1, 0.15) is 11.6 Å². The molecule has 0 aliphatic rings. The van der Waals surface area contributed by atoms with E-state index >= 15 is 0 Å². The van der Waals surface area contributed by atoms with Crippen molar-refractivity contribution >= 4 is 16.7 Å². The summed E-state index contributed by atoms with van der Waals surface area (Å²) in [6.07, 6.45) is 1.82. The minimum absolute atomic E-state index is 0.233. The van der Waals surface area contributed by atoms with Gasteiger partial charge >= 0.3 is 0 Å². The number of nitrogen functional groups attached to an aromatic ring is 1. The van der Waals surface area contributed by atoms with Crippen LogP contribution in [0.4, 0.5) is 5.82 Å². The number of aromatic amines is 2. The molecule has 0 fully saturated rings. The molecule has 0 saturated heterocycles. The van der Waals surface area contributed by atoms with Crippen LogP contribution < -0.4 is 5.73 Å². The molecule has 0 bridgehead atoms. The number of fused-ring (bicyclic) bond motifs is 1. The van der Waals surface area contributed by atoms with Crippen molar-refractivity contribution < 1.29 is 5.11 Å². The van der Waals surface area contributed by atoms with Crippen LogP contribution in [0.15, 0.2) is 30.5 Å². The number of para-hydroxylation sites is 1. The summed E-state index contributed by atoms with van der Waals surface area (Å²) >= 11 is 0. The van der Waals surface area contributed by atoms with E-state index in [1.165, 1.54) is 0 Å². The molecule has 3 aromatic rings. The van der Waals surface area contributed by atoms with Crippen molar-refractivity contribution in [3.05, 3.63) is 30.5 Å². The third-order valence-corrected chi connectivity index (χ3v) is 2.58. The first-order valence-corrected chi connectivity index (χ1v) is 4.86. The van der Waals surface area contributed by atoms with Crippen LogP contribution in [0.5, 0.6) is 5.75 Å². The largest absolute Gasteiger partial charge is 0.506 e. The average Bonchev–Trinajstić information content (AvgIpc) is 2.84. The standard InChI is InChI=1S/C11H10N4O/c12-10-4-8(14-15-10)7-5-13-11-6(7)2-1-3-9(11)16/h1-5,13,16H,(H3,12,14,15). The van der Waals surface area contributed by atoms with Gasteiger partial charge in [-0.1, -0.05) is 12.1 Å². The number of aromatic nitrogens is 3. The van der Waals surface area contributed by atoms with E-state index in [0.717, 1.165) is 16.6 Å². The van der Waals surface area contributed by atoms with Crippen LogP contribution in [0.2, 0.25) is 0 Å². The molecule has 0 aliphatic carbocycles. The van der Waals surface area contributed by atoms with E-state index in [1.54, 1.807) is 18.2 Å². The molecule has 5 nitrogen and oxygen atoms in total. The summed E-state index contributed by atoms with van der Waals surface area (Å²) < 4.78 is 0. The SMILES string of the molecule is Nc1cc(-c2c[nH]c3c(O)cccc23)[nH]n1. The molecule has 80 valence electrons. The lowest BCUT2D eigenvalue weighted by Crippen LogP contribution is -1.81. The Bertz CT molecular complexity index is 653. The predicted octanol–water partition coefficient (Wildman–Crippen LogP) is 1.85. The van der Waals surface area contributed by atoms with Gasteiger partial charge in [0.05, 0.1) is 11.2 Å². The van der Waals surface area contributed by atoms with Crippen LogP contribution in [0.3, 0.4) is 0 Å². The highest BCUT2D eigenvalue weighted by atomic mass is 16.3. The van der Waals surface area contributed by atoms with Gasteiger partial charge in [-0.15, -0.1) is 0 Å². The first-order chi connectivity index (χ1) is 7.75. The number of rotatable bonds is 1. The molecule has 3 rings (SSSR count). The van der Waals surface area contributed by atoms with Gasteiger partial charge in [-0.05, 0) is 6.07 Å². The van der Waals surface area contributed by atoms with E-state index in [1.807, 2.05) is 12.3 Å². The molecular weight excluding hydrogens is 204 g/mol. The third kappa shape index (κ3) is 1.15. The Morgan fingerprint density at radius 2 is 2.19 bits per heavy atom. The summed E-state index contributed by atoms with van der Waals surface area (Å²) in [5, 5.41) is 17.3. The first-order valence-electron chi connectivity index (χ1n) is 4.86. The number of hydrogen-bond donors (Lipinski definition) is 4. The Morgan fingerprint density at radius 1 is 1.31 bits per heavy atom. The molecule has 0 atom stereocenters. The number of hydrogen-bond acceptors (Lipinski definition) is 3. The maximum absolute atomic E-state index is 9.65. The molecule has 0 saturated carbocycles. The van der Waals surface area contributed by atoms with Crippen LogP contribution in [0, 0.1) is 0 Å². The van der Waals surface area contributed by atoms with E-state index < -0.39 is 0 Å². The van der Waals surface area contributed by atoms with Gasteiger partial charge in [0.2, 0.25) is 0 Å². The lowest BCUT2D eigenvalue weighted by Gasteiger charge is -1.96. The summed E-state index contributed by atoms with van der Waals surface area (Å²) in [5.74, 6) is 0.681. The molecule has 0 radical (unpaired) electrons. The fourth-order valence-corrected chi connectivity index (χ4v) is 1.84. The lowest BCUT2D eigenvalue weighted by atomic mass is 10.1. The van der Waals surface area contributed by atoms with Crippen molar-refractivity contribution in [2.45, 2.75) is 0 Å². The number of nitrogens with two attached hydrogens (primary N) is 1. The van der Waals surface area contributed by atoms with Gasteiger partial charge in [-0.2, -0.15) is 5.10 Å². The second-order valence-corrected chi connectivity index (χ2v) is 3.61. The van der Waals surface area contributed by atoms with Gasteiger partial charge in [0.25, 0.3) is 0 Å². The number of anilines is 1. The number of nitrogens with one attached hydrogen (secondary N) is 2. The minimum Gasteiger partial charge on any atom is -0.506 e. The van der Waals surface area contributed by atoms with E-state index in [0.29, 0.717) is 11.3 Å². The number of phenols is 1. The first kappa shape index (κ1) is 8.84. The van der Waals surface area contributed by atoms with Crippen molar-refractivity contribution in [3.63, 3.8) is 0 Å². The van der Waals surface area contributed by atoms with Crippen molar-refractivity contribution in [2.75, 3.05) is 5.73 Å². The van der Waals surface area contributed by atoms with Gasteiger partial charge < -0.3 is 15.8 Å². The second-order valence-electron chi connectivity index (χ2n) is 3.61. The normalized spacial score (nSPS) is 11.0. The number of H-pyrrole nitrogens is 2. The van der Waals surface area contributed by atoms with Crippen LogP contribution in [0.1, 0.15) is 0 Å². The van der Waals surface area contributed by atoms with Crippen molar-refractivity contribution in [1.29, 1.82) is 0 Å². The monoisotopic (exact) mass is 214 g/mol. The van der Waals surface area contributed by atoms with Gasteiger partial charge in [-0.25, -0.2) is 0 Å². The molecule has 0 amide bonds. The zero-order valence-electron chi connectivity index (χ0n) is 8.36. The molecule has 0 unspecified atom stereocenters. The predicted molar refractivity (Wildman–Crippen MR) is 62.0 cm³/mol. The second kappa shape index (κ2) is 3.03. The van der Waals surface area contributed by atoms with Crippen molar-refractivity contribution in [2.24, 2.45) is 0 Å². The molecule has 16 heavy (non-hydrogen) atoms. The average molecular weight is 214 g/mol. The fourth-order valence-electron chi connectivity index (χ4n) is 1.84. The quantitative estimate of drug-likeness (QED) is 0.498. The lowest BCUT2D eigenvalue weighted by molar-refractivity contribution is 0.480. The Kier molecular flexibility index (Phi) is 1.67. The van der Waals surface area contributed by atoms with Gasteiger partial charge in [0, 0.05) is 23.2 Å². The Labute approximate surface area is 90.9 Å². The summed E-state index contributed by atoms with van der Waals surface area (Å²) in [6, 6.07) is 7.13.